The minimum Gasteiger partial charge on any atom is -0.355 e. The van der Waals surface area contributed by atoms with Crippen LogP contribution in [0.3, 0.4) is 0 Å². The summed E-state index contributed by atoms with van der Waals surface area (Å²) in [6.07, 6.45) is 0. The van der Waals surface area contributed by atoms with E-state index in [0.29, 0.717) is 18.1 Å². The molecule has 0 radical (unpaired) electrons. The van der Waals surface area contributed by atoms with Crippen LogP contribution in [0.4, 0.5) is 0 Å². The summed E-state index contributed by atoms with van der Waals surface area (Å²) < 4.78 is 13.3. The van der Waals surface area contributed by atoms with Crippen LogP contribution in [0.5, 0.6) is 0 Å². The fourth-order valence-corrected chi connectivity index (χ4v) is 3.73. The first-order valence-electron chi connectivity index (χ1n) is 8.13. The Kier molecular flexibility index (Phi) is 8.15. The summed E-state index contributed by atoms with van der Waals surface area (Å²) in [7, 11) is 2.88. The molecule has 0 aliphatic heterocycles. The summed E-state index contributed by atoms with van der Waals surface area (Å²) >= 11 is 3.45. The Hall–Kier alpha value is -1.66. The first-order valence-corrected chi connectivity index (χ1v) is 10.4. The summed E-state index contributed by atoms with van der Waals surface area (Å²) in [5, 5.41) is 3.29. The molecule has 0 spiro atoms. The number of aliphatic imine (C=N–C) groups is 1. The first kappa shape index (κ1) is 19.7. The zero-order chi connectivity index (χ0) is 18.1. The third-order valence-electron chi connectivity index (χ3n) is 3.69. The van der Waals surface area contributed by atoms with Gasteiger partial charge in [0.25, 0.3) is 0 Å². The van der Waals surface area contributed by atoms with E-state index in [0.717, 1.165) is 22.5 Å². The Morgan fingerprint density at radius 2 is 1.80 bits per heavy atom. The molecule has 1 N–H and O–H groups in total. The van der Waals surface area contributed by atoms with Crippen molar-refractivity contribution in [2.45, 2.75) is 12.3 Å². The van der Waals surface area contributed by atoms with Crippen LogP contribution in [-0.4, -0.2) is 41.5 Å². The molecule has 134 valence electrons. The highest BCUT2D eigenvalue weighted by Gasteiger charge is 2.08. The van der Waals surface area contributed by atoms with Gasteiger partial charge in [-0.2, -0.15) is 0 Å². The highest BCUT2D eigenvalue weighted by molar-refractivity contribution is 9.10. The van der Waals surface area contributed by atoms with Gasteiger partial charge in [-0.15, -0.1) is 0 Å². The van der Waals surface area contributed by atoms with Crippen LogP contribution in [-0.2, 0) is 23.1 Å². The van der Waals surface area contributed by atoms with Gasteiger partial charge in [0.1, 0.15) is 0 Å². The van der Waals surface area contributed by atoms with E-state index in [9.17, 15) is 4.21 Å². The van der Waals surface area contributed by atoms with Crippen LogP contribution in [0.25, 0.3) is 0 Å². The number of halogens is 1. The molecule has 4 nitrogen and oxygen atoms in total. The van der Waals surface area contributed by atoms with Gasteiger partial charge in [0.05, 0.1) is 0 Å². The van der Waals surface area contributed by atoms with Crippen LogP contribution in [0.1, 0.15) is 11.1 Å². The Bertz CT molecular complexity index is 704. The average molecular weight is 422 g/mol. The second kappa shape index (κ2) is 10.4. The second-order valence-corrected chi connectivity index (χ2v) is 8.22. The summed E-state index contributed by atoms with van der Waals surface area (Å²) in [6.45, 7) is 1.40. The van der Waals surface area contributed by atoms with Crippen molar-refractivity contribution >= 4 is 32.7 Å². The van der Waals surface area contributed by atoms with E-state index < -0.39 is 10.8 Å². The third-order valence-corrected chi connectivity index (χ3v) is 5.53. The van der Waals surface area contributed by atoms with Crippen LogP contribution in [0.2, 0.25) is 0 Å². The molecule has 0 amide bonds. The van der Waals surface area contributed by atoms with Crippen molar-refractivity contribution < 1.29 is 4.21 Å². The van der Waals surface area contributed by atoms with Gasteiger partial charge in [-0.3, -0.25) is 9.20 Å². The molecule has 0 saturated carbocycles. The van der Waals surface area contributed by atoms with Crippen LogP contribution in [0, 0.1) is 0 Å². The topological polar surface area (TPSA) is 44.7 Å². The van der Waals surface area contributed by atoms with Gasteiger partial charge in [-0.25, -0.2) is 0 Å². The number of hydrogen-bond acceptors (Lipinski definition) is 2. The van der Waals surface area contributed by atoms with E-state index in [4.69, 9.17) is 0 Å². The molecule has 25 heavy (non-hydrogen) atoms. The van der Waals surface area contributed by atoms with Crippen molar-refractivity contribution in [2.75, 3.05) is 26.4 Å². The van der Waals surface area contributed by atoms with E-state index >= 15 is 0 Å². The summed E-state index contributed by atoms with van der Waals surface area (Å²) in [4.78, 5) is 6.36. The van der Waals surface area contributed by atoms with Gasteiger partial charge in [0.15, 0.2) is 5.96 Å². The zero-order valence-corrected chi connectivity index (χ0v) is 17.0. The normalized spacial score (nSPS) is 12.7. The molecule has 2 aromatic carbocycles. The predicted octanol–water partition coefficient (Wildman–Crippen LogP) is 3.41. The smallest absolute Gasteiger partial charge is 0.193 e. The van der Waals surface area contributed by atoms with Gasteiger partial charge >= 0.3 is 0 Å². The fourth-order valence-electron chi connectivity index (χ4n) is 2.43. The molecule has 0 aliphatic rings. The molecule has 0 bridgehead atoms. The van der Waals surface area contributed by atoms with Crippen LogP contribution >= 0.6 is 15.9 Å². The van der Waals surface area contributed by atoms with Gasteiger partial charge in [0, 0.05) is 54.0 Å². The third kappa shape index (κ3) is 7.00. The molecule has 0 aromatic heterocycles. The quantitative estimate of drug-likeness (QED) is 0.550. The van der Waals surface area contributed by atoms with E-state index in [1.54, 1.807) is 7.05 Å². The maximum atomic E-state index is 12.2. The molecule has 1 unspecified atom stereocenters. The number of guanidine groups is 1. The molecule has 6 heteroatoms. The number of rotatable bonds is 7. The van der Waals surface area contributed by atoms with Crippen molar-refractivity contribution in [3.63, 3.8) is 0 Å². The van der Waals surface area contributed by atoms with Crippen molar-refractivity contribution in [2.24, 2.45) is 4.99 Å². The first-order chi connectivity index (χ1) is 12.1. The van der Waals surface area contributed by atoms with E-state index in [-0.39, 0.29) is 0 Å². The number of benzene rings is 2. The Labute approximate surface area is 160 Å². The molecular formula is C19H24BrN3OS. The average Bonchev–Trinajstić information content (AvgIpc) is 2.61. The van der Waals surface area contributed by atoms with E-state index in [2.05, 4.69) is 43.3 Å². The molecule has 0 saturated heterocycles. The second-order valence-electron chi connectivity index (χ2n) is 5.73. The monoisotopic (exact) mass is 421 g/mol. The van der Waals surface area contributed by atoms with Crippen molar-refractivity contribution in [3.05, 3.63) is 70.2 Å². The van der Waals surface area contributed by atoms with Crippen LogP contribution < -0.4 is 5.32 Å². The molecule has 1 atom stereocenters. The summed E-state index contributed by atoms with van der Waals surface area (Å²) in [5.74, 6) is 2.00. The molecule has 2 aromatic rings. The molecular weight excluding hydrogens is 398 g/mol. The predicted molar refractivity (Wildman–Crippen MR) is 110 cm³/mol. The minimum atomic E-state index is -0.884. The molecule has 0 fully saturated rings. The standard InChI is InChI=1S/C19H24BrN3OS/c1-21-19(23(2)14-16-8-10-18(20)11-9-16)22-12-13-25(24)15-17-6-4-3-5-7-17/h3-11H,12-15H2,1-2H3,(H,21,22). The largest absolute Gasteiger partial charge is 0.355 e. The number of hydrogen-bond donors (Lipinski definition) is 1. The molecule has 0 aliphatic carbocycles. The van der Waals surface area contributed by atoms with Crippen LogP contribution in [0.15, 0.2) is 64.1 Å². The molecule has 2 rings (SSSR count). The minimum absolute atomic E-state index is 0.593. The fraction of sp³-hybridized carbons (Fsp3) is 0.316. The SMILES string of the molecule is CN=C(NCCS(=O)Cc1ccccc1)N(C)Cc1ccc(Br)cc1. The Balaban J connectivity index is 1.77. The molecule has 0 heterocycles. The number of nitrogens with zero attached hydrogens (tertiary/aromatic N) is 2. The van der Waals surface area contributed by atoms with E-state index in [1.807, 2.05) is 49.5 Å². The van der Waals surface area contributed by atoms with Gasteiger partial charge < -0.3 is 10.2 Å². The maximum Gasteiger partial charge on any atom is 0.193 e. The lowest BCUT2D eigenvalue weighted by molar-refractivity contribution is 0.479. The van der Waals surface area contributed by atoms with Crippen molar-refractivity contribution in [1.82, 2.24) is 10.2 Å². The van der Waals surface area contributed by atoms with Gasteiger partial charge in [-0.05, 0) is 23.3 Å². The number of nitrogens with one attached hydrogen (secondary N) is 1. The lowest BCUT2D eigenvalue weighted by Gasteiger charge is -2.22. The van der Waals surface area contributed by atoms with Gasteiger partial charge in [-0.1, -0.05) is 58.4 Å². The highest BCUT2D eigenvalue weighted by Crippen LogP contribution is 2.11. The zero-order valence-electron chi connectivity index (χ0n) is 14.6. The van der Waals surface area contributed by atoms with E-state index in [1.165, 1.54) is 5.56 Å². The Morgan fingerprint density at radius 1 is 1.12 bits per heavy atom. The lowest BCUT2D eigenvalue weighted by atomic mass is 10.2. The maximum absolute atomic E-state index is 12.2. The highest BCUT2D eigenvalue weighted by atomic mass is 79.9. The summed E-state index contributed by atoms with van der Waals surface area (Å²) in [5.41, 5.74) is 2.32. The lowest BCUT2D eigenvalue weighted by Crippen LogP contribution is -2.40. The van der Waals surface area contributed by atoms with Crippen molar-refractivity contribution in [3.8, 4) is 0 Å². The van der Waals surface area contributed by atoms with Crippen molar-refractivity contribution in [1.29, 1.82) is 0 Å². The van der Waals surface area contributed by atoms with Gasteiger partial charge in [0.2, 0.25) is 0 Å². The summed E-state index contributed by atoms with van der Waals surface area (Å²) in [6, 6.07) is 18.2. The Morgan fingerprint density at radius 3 is 2.44 bits per heavy atom.